The van der Waals surface area contributed by atoms with Crippen molar-refractivity contribution in [2.75, 3.05) is 20.2 Å². The fraction of sp³-hybridized carbons (Fsp3) is 0.556. The minimum Gasteiger partial charge on any atom is -0.496 e. The average molecular weight is 333 g/mol. The van der Waals surface area contributed by atoms with Gasteiger partial charge in [-0.2, -0.15) is 0 Å². The number of nitrogens with one attached hydrogen (secondary N) is 1. The highest BCUT2D eigenvalue weighted by Crippen LogP contribution is 2.32. The van der Waals surface area contributed by atoms with Crippen LogP contribution >= 0.6 is 0 Å². The highest BCUT2D eigenvalue weighted by Gasteiger charge is 2.21. The van der Waals surface area contributed by atoms with Crippen LogP contribution in [0.25, 0.3) is 0 Å². The van der Waals surface area contributed by atoms with Gasteiger partial charge in [-0.3, -0.25) is 9.69 Å². The maximum atomic E-state index is 11.4. The number of amides is 1. The van der Waals surface area contributed by atoms with E-state index in [4.69, 9.17) is 9.94 Å². The summed E-state index contributed by atoms with van der Waals surface area (Å²) >= 11 is 0. The molecule has 1 amide bonds. The molecule has 0 saturated heterocycles. The van der Waals surface area contributed by atoms with Crippen LogP contribution in [-0.4, -0.2) is 48.5 Å². The predicted octanol–water partition coefficient (Wildman–Crippen LogP) is 2.14. The summed E-state index contributed by atoms with van der Waals surface area (Å²) < 4.78 is 5.55. The number of fused-ring (bicyclic) bond motifs is 1. The van der Waals surface area contributed by atoms with Crippen molar-refractivity contribution in [1.82, 2.24) is 10.2 Å². The van der Waals surface area contributed by atoms with Crippen LogP contribution in [0.1, 0.15) is 43.4 Å². The fourth-order valence-corrected chi connectivity index (χ4v) is 3.21. The number of oxime groups is 1. The quantitative estimate of drug-likeness (QED) is 0.475. The Labute approximate surface area is 143 Å². The van der Waals surface area contributed by atoms with E-state index in [-0.39, 0.29) is 11.9 Å². The molecule has 0 aromatic heterocycles. The van der Waals surface area contributed by atoms with Crippen molar-refractivity contribution in [2.45, 2.75) is 45.7 Å². The van der Waals surface area contributed by atoms with E-state index >= 15 is 0 Å². The molecule has 2 N–H and O–H groups in total. The van der Waals surface area contributed by atoms with E-state index in [9.17, 15) is 4.79 Å². The number of ether oxygens (including phenoxy) is 1. The molecular weight excluding hydrogens is 306 g/mol. The largest absolute Gasteiger partial charge is 0.496 e. The number of benzene rings is 1. The minimum absolute atomic E-state index is 0.0196. The Morgan fingerprint density at radius 1 is 1.42 bits per heavy atom. The topological polar surface area (TPSA) is 74.2 Å². The molecule has 1 heterocycles. The van der Waals surface area contributed by atoms with E-state index in [0.29, 0.717) is 5.92 Å². The van der Waals surface area contributed by atoms with Crippen molar-refractivity contribution in [2.24, 2.45) is 5.16 Å². The molecule has 1 atom stereocenters. The van der Waals surface area contributed by atoms with Gasteiger partial charge in [0, 0.05) is 25.7 Å². The Balaban J connectivity index is 2.05. The molecular formula is C18H27N3O3. The Morgan fingerprint density at radius 2 is 2.17 bits per heavy atom. The van der Waals surface area contributed by atoms with Crippen LogP contribution in [0, 0.1) is 0 Å². The van der Waals surface area contributed by atoms with Gasteiger partial charge < -0.3 is 15.3 Å². The van der Waals surface area contributed by atoms with Gasteiger partial charge in [-0.1, -0.05) is 25.1 Å². The molecule has 6 nitrogen and oxygen atoms in total. The summed E-state index contributed by atoms with van der Waals surface area (Å²) in [7, 11) is 1.72. The van der Waals surface area contributed by atoms with Crippen molar-refractivity contribution in [1.29, 1.82) is 0 Å². The minimum atomic E-state index is -0.384. The summed E-state index contributed by atoms with van der Waals surface area (Å²) in [6, 6.07) is 4.41. The maximum Gasteiger partial charge on any atom is 0.266 e. The van der Waals surface area contributed by atoms with Crippen LogP contribution in [0.4, 0.5) is 0 Å². The molecule has 0 unspecified atom stereocenters. The van der Waals surface area contributed by atoms with Crippen LogP contribution in [0.2, 0.25) is 0 Å². The first-order valence-electron chi connectivity index (χ1n) is 8.34. The lowest BCUT2D eigenvalue weighted by Crippen LogP contribution is -2.44. The SMILES string of the molecule is COc1cc2c(cc1C(C)C)CCN(C[C@H](C)NC(=O)/C=N\O)C2. The molecule has 1 aliphatic rings. The Bertz CT molecular complexity index is 614. The zero-order valence-corrected chi connectivity index (χ0v) is 14.9. The van der Waals surface area contributed by atoms with Gasteiger partial charge in [0.2, 0.25) is 0 Å². The molecule has 0 fully saturated rings. The molecule has 24 heavy (non-hydrogen) atoms. The van der Waals surface area contributed by atoms with Crippen LogP contribution < -0.4 is 10.1 Å². The summed E-state index contributed by atoms with van der Waals surface area (Å²) in [6.45, 7) is 8.86. The van der Waals surface area contributed by atoms with Crippen LogP contribution in [0.15, 0.2) is 17.3 Å². The van der Waals surface area contributed by atoms with Gasteiger partial charge in [-0.15, -0.1) is 0 Å². The second-order valence-corrected chi connectivity index (χ2v) is 6.66. The Morgan fingerprint density at radius 3 is 2.79 bits per heavy atom. The van der Waals surface area contributed by atoms with Crippen LogP contribution in [0.3, 0.4) is 0 Å². The zero-order chi connectivity index (χ0) is 17.7. The van der Waals surface area contributed by atoms with Crippen LogP contribution in [-0.2, 0) is 17.8 Å². The fourth-order valence-electron chi connectivity index (χ4n) is 3.21. The zero-order valence-electron chi connectivity index (χ0n) is 14.9. The van der Waals surface area contributed by atoms with E-state index in [0.717, 1.165) is 38.0 Å². The van der Waals surface area contributed by atoms with Crippen molar-refractivity contribution >= 4 is 12.1 Å². The summed E-state index contributed by atoms with van der Waals surface area (Å²) in [5.74, 6) is 1.00. The molecule has 0 saturated carbocycles. The molecule has 6 heteroatoms. The Hall–Kier alpha value is -2.08. The summed E-state index contributed by atoms with van der Waals surface area (Å²) in [6.07, 6.45) is 1.87. The summed E-state index contributed by atoms with van der Waals surface area (Å²) in [4.78, 5) is 13.7. The molecule has 2 rings (SSSR count). The van der Waals surface area contributed by atoms with Gasteiger partial charge in [0.15, 0.2) is 0 Å². The third-order valence-electron chi connectivity index (χ3n) is 4.36. The second kappa shape index (κ2) is 8.15. The lowest BCUT2D eigenvalue weighted by atomic mass is 9.92. The first-order chi connectivity index (χ1) is 11.4. The van der Waals surface area contributed by atoms with Crippen molar-refractivity contribution in [3.8, 4) is 5.75 Å². The first-order valence-corrected chi connectivity index (χ1v) is 8.34. The average Bonchev–Trinajstić information content (AvgIpc) is 2.53. The highest BCUT2D eigenvalue weighted by molar-refractivity contribution is 6.26. The summed E-state index contributed by atoms with van der Waals surface area (Å²) in [5, 5.41) is 13.9. The smallest absolute Gasteiger partial charge is 0.266 e. The van der Waals surface area contributed by atoms with E-state index in [2.05, 4.69) is 41.4 Å². The third-order valence-corrected chi connectivity index (χ3v) is 4.36. The Kier molecular flexibility index (Phi) is 6.20. The normalized spacial score (nSPS) is 16.2. The van der Waals surface area contributed by atoms with Gasteiger partial charge in [-0.25, -0.2) is 0 Å². The van der Waals surface area contributed by atoms with Crippen LogP contribution in [0.5, 0.6) is 5.75 Å². The maximum absolute atomic E-state index is 11.4. The highest BCUT2D eigenvalue weighted by atomic mass is 16.5. The number of carbonyl (C=O) groups is 1. The van der Waals surface area contributed by atoms with Gasteiger partial charge in [-0.05, 0) is 42.0 Å². The summed E-state index contributed by atoms with van der Waals surface area (Å²) in [5.41, 5.74) is 3.94. The number of hydrogen-bond acceptors (Lipinski definition) is 5. The second-order valence-electron chi connectivity index (χ2n) is 6.66. The number of nitrogens with zero attached hydrogens (tertiary/aromatic N) is 2. The molecule has 0 spiro atoms. The van der Waals surface area contributed by atoms with Gasteiger partial charge in [0.25, 0.3) is 5.91 Å². The molecule has 1 aromatic rings. The molecule has 1 aromatic carbocycles. The third kappa shape index (κ3) is 4.47. The van der Waals surface area contributed by atoms with E-state index < -0.39 is 0 Å². The lowest BCUT2D eigenvalue weighted by molar-refractivity contribution is -0.115. The number of methoxy groups -OCH3 is 1. The van der Waals surface area contributed by atoms with E-state index in [1.165, 1.54) is 16.7 Å². The molecule has 132 valence electrons. The number of carbonyl (C=O) groups excluding carboxylic acids is 1. The number of hydrogen-bond donors (Lipinski definition) is 2. The van der Waals surface area contributed by atoms with E-state index in [1.807, 2.05) is 6.92 Å². The van der Waals surface area contributed by atoms with Gasteiger partial charge in [0.05, 0.1) is 7.11 Å². The van der Waals surface area contributed by atoms with Crippen molar-refractivity contribution in [3.05, 3.63) is 28.8 Å². The van der Waals surface area contributed by atoms with Gasteiger partial charge in [0.1, 0.15) is 12.0 Å². The molecule has 0 radical (unpaired) electrons. The standard InChI is InChI=1S/C18H27N3O3/c1-12(2)16-7-14-5-6-21(11-15(14)8-17(16)24-4)10-13(3)20-18(22)9-19-23/h7-9,12-13,23H,5-6,10-11H2,1-4H3,(H,20,22)/b19-9-/t13-/m0/s1. The van der Waals surface area contributed by atoms with Gasteiger partial charge >= 0.3 is 0 Å². The molecule has 0 aliphatic carbocycles. The lowest BCUT2D eigenvalue weighted by Gasteiger charge is -2.32. The monoisotopic (exact) mass is 333 g/mol. The number of rotatable bonds is 6. The van der Waals surface area contributed by atoms with E-state index in [1.54, 1.807) is 7.11 Å². The van der Waals surface area contributed by atoms with Crippen molar-refractivity contribution < 1.29 is 14.7 Å². The first kappa shape index (κ1) is 18.3. The van der Waals surface area contributed by atoms with Crippen molar-refractivity contribution in [3.63, 3.8) is 0 Å². The predicted molar refractivity (Wildman–Crippen MR) is 93.9 cm³/mol. The molecule has 1 aliphatic heterocycles. The molecule has 0 bridgehead atoms.